The molecular formula is C23H28N4O4S. The predicted molar refractivity (Wildman–Crippen MR) is 121 cm³/mol. The summed E-state index contributed by atoms with van der Waals surface area (Å²) < 4.78 is 30.6. The molecule has 1 aliphatic carbocycles. The third kappa shape index (κ3) is 4.34. The topological polar surface area (TPSA) is 107 Å². The highest BCUT2D eigenvalue weighted by atomic mass is 32.2. The number of carbonyl (C=O) groups is 1. The van der Waals surface area contributed by atoms with Crippen LogP contribution >= 0.6 is 0 Å². The molecule has 1 aliphatic rings. The van der Waals surface area contributed by atoms with E-state index in [-0.39, 0.29) is 16.2 Å². The molecule has 0 unspecified atom stereocenters. The van der Waals surface area contributed by atoms with E-state index in [1.165, 1.54) is 6.26 Å². The number of nitrogens with one attached hydrogen (secondary N) is 1. The fourth-order valence-electron chi connectivity index (χ4n) is 4.14. The van der Waals surface area contributed by atoms with Crippen LogP contribution in [0.2, 0.25) is 0 Å². The molecule has 8 nitrogen and oxygen atoms in total. The monoisotopic (exact) mass is 456 g/mol. The Balaban J connectivity index is 1.54. The van der Waals surface area contributed by atoms with Gasteiger partial charge in [0.15, 0.2) is 15.5 Å². The molecule has 3 aromatic rings. The standard InChI is InChI=1S/C23H28N4O4S/c1-14-20(24-22(28)21-18-12-23(3,4)11-10-19(18)31-26-21)15(2)27(25-14)13-16-6-8-17(9-7-16)32(5,29)30/h6-9H,10-13H2,1-5H3,(H,24,28). The molecule has 9 heteroatoms. The number of nitrogens with zero attached hydrogens (tertiary/aromatic N) is 3. The van der Waals surface area contributed by atoms with Gasteiger partial charge in [0, 0.05) is 18.2 Å². The van der Waals surface area contributed by atoms with Gasteiger partial charge in [0.1, 0.15) is 5.76 Å². The van der Waals surface area contributed by atoms with Crippen LogP contribution in [-0.4, -0.2) is 35.5 Å². The van der Waals surface area contributed by atoms with E-state index in [1.807, 2.05) is 13.8 Å². The predicted octanol–water partition coefficient (Wildman–Crippen LogP) is 3.71. The Morgan fingerprint density at radius 2 is 1.91 bits per heavy atom. The van der Waals surface area contributed by atoms with E-state index in [2.05, 4.69) is 29.4 Å². The Labute approximate surface area is 187 Å². The fraction of sp³-hybridized carbons (Fsp3) is 0.435. The van der Waals surface area contributed by atoms with Gasteiger partial charge in [-0.25, -0.2) is 8.42 Å². The zero-order chi connectivity index (χ0) is 23.3. The average molecular weight is 457 g/mol. The summed E-state index contributed by atoms with van der Waals surface area (Å²) >= 11 is 0. The highest BCUT2D eigenvalue weighted by Crippen LogP contribution is 2.36. The van der Waals surface area contributed by atoms with E-state index in [1.54, 1.807) is 28.9 Å². The Bertz CT molecular complexity index is 1280. The van der Waals surface area contributed by atoms with Gasteiger partial charge in [-0.1, -0.05) is 31.1 Å². The van der Waals surface area contributed by atoms with Crippen LogP contribution in [0.1, 0.15) is 59.0 Å². The summed E-state index contributed by atoms with van der Waals surface area (Å²) in [5, 5.41) is 11.6. The Morgan fingerprint density at radius 3 is 2.56 bits per heavy atom. The normalized spacial score (nSPS) is 15.4. The number of benzene rings is 1. The number of hydrogen-bond acceptors (Lipinski definition) is 6. The molecule has 0 radical (unpaired) electrons. The molecule has 170 valence electrons. The molecule has 1 aromatic carbocycles. The van der Waals surface area contributed by atoms with Crippen LogP contribution in [0.25, 0.3) is 0 Å². The van der Waals surface area contributed by atoms with Crippen molar-refractivity contribution in [2.75, 3.05) is 11.6 Å². The number of aromatic nitrogens is 3. The maximum atomic E-state index is 13.0. The molecular weight excluding hydrogens is 428 g/mol. The van der Waals surface area contributed by atoms with E-state index in [4.69, 9.17) is 4.52 Å². The summed E-state index contributed by atoms with van der Waals surface area (Å²) in [6.45, 7) is 8.56. The summed E-state index contributed by atoms with van der Waals surface area (Å²) in [5.74, 6) is 0.507. The van der Waals surface area contributed by atoms with E-state index < -0.39 is 9.84 Å². The highest BCUT2D eigenvalue weighted by molar-refractivity contribution is 7.90. The first-order chi connectivity index (χ1) is 14.9. The van der Waals surface area contributed by atoms with Crippen LogP contribution in [0.15, 0.2) is 33.7 Å². The minimum Gasteiger partial charge on any atom is -0.360 e. The van der Waals surface area contributed by atoms with Crippen molar-refractivity contribution in [3.05, 3.63) is 58.2 Å². The second-order valence-corrected chi connectivity index (χ2v) is 11.4. The van der Waals surface area contributed by atoms with Gasteiger partial charge in [0.25, 0.3) is 5.91 Å². The van der Waals surface area contributed by atoms with E-state index >= 15 is 0 Å². The number of rotatable bonds is 5. The van der Waals surface area contributed by atoms with Gasteiger partial charge >= 0.3 is 0 Å². The Morgan fingerprint density at radius 1 is 1.22 bits per heavy atom. The maximum Gasteiger partial charge on any atom is 0.278 e. The van der Waals surface area contributed by atoms with Crippen molar-refractivity contribution in [2.45, 2.75) is 58.4 Å². The number of sulfone groups is 1. The van der Waals surface area contributed by atoms with Crippen LogP contribution in [0, 0.1) is 19.3 Å². The van der Waals surface area contributed by atoms with Gasteiger partial charge in [-0.3, -0.25) is 9.48 Å². The third-order valence-electron chi connectivity index (χ3n) is 6.07. The summed E-state index contributed by atoms with van der Waals surface area (Å²) in [7, 11) is -3.24. The number of carbonyl (C=O) groups excluding carboxylic acids is 1. The lowest BCUT2D eigenvalue weighted by molar-refractivity contribution is 0.101. The molecule has 0 bridgehead atoms. The van der Waals surface area contributed by atoms with Crippen molar-refractivity contribution >= 4 is 21.4 Å². The van der Waals surface area contributed by atoms with Gasteiger partial charge in [0.2, 0.25) is 0 Å². The lowest BCUT2D eigenvalue weighted by Crippen LogP contribution is -2.24. The van der Waals surface area contributed by atoms with Crippen LogP contribution < -0.4 is 5.32 Å². The van der Waals surface area contributed by atoms with Crippen molar-refractivity contribution in [2.24, 2.45) is 5.41 Å². The minimum atomic E-state index is -3.24. The van der Waals surface area contributed by atoms with Crippen molar-refractivity contribution in [3.8, 4) is 0 Å². The summed E-state index contributed by atoms with van der Waals surface area (Å²) in [4.78, 5) is 13.3. The summed E-state index contributed by atoms with van der Waals surface area (Å²) in [6.07, 6.45) is 3.74. The molecule has 0 aliphatic heterocycles. The number of amides is 1. The van der Waals surface area contributed by atoms with Crippen molar-refractivity contribution < 1.29 is 17.7 Å². The zero-order valence-corrected chi connectivity index (χ0v) is 19.8. The number of anilines is 1. The first-order valence-electron chi connectivity index (χ1n) is 10.6. The van der Waals surface area contributed by atoms with Gasteiger partial charge in [-0.05, 0) is 49.8 Å². The molecule has 1 amide bonds. The van der Waals surface area contributed by atoms with E-state index in [0.29, 0.717) is 23.6 Å². The van der Waals surface area contributed by atoms with Crippen molar-refractivity contribution in [1.82, 2.24) is 14.9 Å². The largest absolute Gasteiger partial charge is 0.360 e. The van der Waals surface area contributed by atoms with Gasteiger partial charge in [-0.2, -0.15) is 5.10 Å². The lowest BCUT2D eigenvalue weighted by atomic mass is 9.76. The van der Waals surface area contributed by atoms with Crippen LogP contribution in [0.3, 0.4) is 0 Å². The van der Waals surface area contributed by atoms with Crippen molar-refractivity contribution in [1.29, 1.82) is 0 Å². The van der Waals surface area contributed by atoms with E-state index in [9.17, 15) is 13.2 Å². The van der Waals surface area contributed by atoms with Crippen LogP contribution in [0.5, 0.6) is 0 Å². The number of hydrogen-bond donors (Lipinski definition) is 1. The molecule has 0 saturated carbocycles. The quantitative estimate of drug-likeness (QED) is 0.627. The molecule has 0 saturated heterocycles. The molecule has 0 spiro atoms. The second-order valence-electron chi connectivity index (χ2n) is 9.35. The Hall–Kier alpha value is -2.94. The second kappa shape index (κ2) is 7.88. The SMILES string of the molecule is Cc1nn(Cc2ccc(S(C)(=O)=O)cc2)c(C)c1NC(=O)c1noc2c1CC(C)(C)CC2. The molecule has 2 aromatic heterocycles. The summed E-state index contributed by atoms with van der Waals surface area (Å²) in [5.41, 5.74) is 4.41. The fourth-order valence-corrected chi connectivity index (χ4v) is 4.77. The highest BCUT2D eigenvalue weighted by Gasteiger charge is 2.33. The average Bonchev–Trinajstić information content (AvgIpc) is 3.22. The number of aryl methyl sites for hydroxylation is 2. The van der Waals surface area contributed by atoms with Crippen LogP contribution in [-0.2, 0) is 29.2 Å². The molecule has 32 heavy (non-hydrogen) atoms. The Kier molecular flexibility index (Phi) is 5.48. The van der Waals surface area contributed by atoms with Crippen LogP contribution in [0.4, 0.5) is 5.69 Å². The minimum absolute atomic E-state index is 0.108. The van der Waals surface area contributed by atoms with Crippen molar-refractivity contribution in [3.63, 3.8) is 0 Å². The molecule has 1 N–H and O–H groups in total. The zero-order valence-electron chi connectivity index (χ0n) is 19.0. The third-order valence-corrected chi connectivity index (χ3v) is 7.20. The van der Waals surface area contributed by atoms with E-state index in [0.717, 1.165) is 41.8 Å². The molecule has 2 heterocycles. The molecule has 4 rings (SSSR count). The number of fused-ring (bicyclic) bond motifs is 1. The first-order valence-corrected chi connectivity index (χ1v) is 12.5. The molecule has 0 fully saturated rings. The molecule has 0 atom stereocenters. The maximum absolute atomic E-state index is 13.0. The van der Waals surface area contributed by atoms with Gasteiger partial charge in [0.05, 0.1) is 28.5 Å². The van der Waals surface area contributed by atoms with Gasteiger partial charge < -0.3 is 9.84 Å². The summed E-state index contributed by atoms with van der Waals surface area (Å²) in [6, 6.07) is 6.73. The first kappa shape index (κ1) is 22.3. The lowest BCUT2D eigenvalue weighted by Gasteiger charge is -2.28. The smallest absolute Gasteiger partial charge is 0.278 e. The van der Waals surface area contributed by atoms with Gasteiger partial charge in [-0.15, -0.1) is 0 Å².